The van der Waals surface area contributed by atoms with Gasteiger partial charge in [0.25, 0.3) is 17.7 Å². The molecule has 1 aromatic carbocycles. The van der Waals surface area contributed by atoms with Gasteiger partial charge in [-0.15, -0.1) is 0 Å². The van der Waals surface area contributed by atoms with Crippen LogP contribution < -0.4 is 5.32 Å². The second-order valence-corrected chi connectivity index (χ2v) is 5.37. The van der Waals surface area contributed by atoms with Crippen LogP contribution in [0, 0.1) is 6.92 Å². The summed E-state index contributed by atoms with van der Waals surface area (Å²) in [6.45, 7) is 4.30. The fraction of sp³-hybridized carbons (Fsp3) is 0.250. The average Bonchev–Trinajstić information content (AvgIpc) is 3.02. The first-order valence-corrected chi connectivity index (χ1v) is 7.24. The maximum Gasteiger partial charge on any atom is 0.273 e. The third-order valence-corrected chi connectivity index (χ3v) is 3.78. The van der Waals surface area contributed by atoms with E-state index in [2.05, 4.69) is 10.4 Å². The van der Waals surface area contributed by atoms with Crippen molar-refractivity contribution in [1.29, 1.82) is 0 Å². The van der Waals surface area contributed by atoms with E-state index in [9.17, 15) is 14.4 Å². The minimum absolute atomic E-state index is 0.301. The number of fused-ring (bicyclic) bond motifs is 1. The number of imide groups is 1. The van der Waals surface area contributed by atoms with Crippen molar-refractivity contribution in [3.8, 4) is 0 Å². The minimum Gasteiger partial charge on any atom is -0.321 e. The van der Waals surface area contributed by atoms with Gasteiger partial charge in [-0.2, -0.15) is 5.10 Å². The van der Waals surface area contributed by atoms with Crippen LogP contribution in [0.4, 0.5) is 5.69 Å². The molecule has 0 atom stereocenters. The Hall–Kier alpha value is -2.96. The van der Waals surface area contributed by atoms with Crippen molar-refractivity contribution in [3.63, 3.8) is 0 Å². The monoisotopic (exact) mass is 312 g/mol. The molecule has 2 aromatic rings. The van der Waals surface area contributed by atoms with Crippen LogP contribution in [0.15, 0.2) is 24.3 Å². The van der Waals surface area contributed by atoms with Gasteiger partial charge < -0.3 is 5.32 Å². The molecule has 7 heteroatoms. The molecule has 0 radical (unpaired) electrons. The summed E-state index contributed by atoms with van der Waals surface area (Å²) in [4.78, 5) is 37.3. The van der Waals surface area contributed by atoms with Crippen LogP contribution in [-0.4, -0.2) is 39.4 Å². The molecule has 0 saturated carbocycles. The molecule has 23 heavy (non-hydrogen) atoms. The van der Waals surface area contributed by atoms with Gasteiger partial charge in [0, 0.05) is 19.3 Å². The van der Waals surface area contributed by atoms with Crippen molar-refractivity contribution in [2.45, 2.75) is 20.4 Å². The smallest absolute Gasteiger partial charge is 0.273 e. The number of carbonyl (C=O) groups is 3. The molecule has 1 aromatic heterocycles. The Kier molecular flexibility index (Phi) is 3.48. The number of anilines is 1. The molecule has 1 aliphatic rings. The number of hydrogen-bond donors (Lipinski definition) is 1. The highest BCUT2D eigenvalue weighted by Gasteiger charge is 2.32. The lowest BCUT2D eigenvalue weighted by Crippen LogP contribution is -2.24. The lowest BCUT2D eigenvalue weighted by molar-refractivity contribution is 0.0692. The number of benzene rings is 1. The predicted molar refractivity (Wildman–Crippen MR) is 83.5 cm³/mol. The largest absolute Gasteiger partial charge is 0.321 e. The van der Waals surface area contributed by atoms with E-state index in [1.54, 1.807) is 22.9 Å². The average molecular weight is 312 g/mol. The number of hydrogen-bond acceptors (Lipinski definition) is 4. The van der Waals surface area contributed by atoms with E-state index < -0.39 is 0 Å². The van der Waals surface area contributed by atoms with E-state index in [4.69, 9.17) is 0 Å². The molecular weight excluding hydrogens is 296 g/mol. The SMILES string of the molecule is CCn1nc(C)cc1C(=O)Nc1ccc2c(c1)C(=O)N(C)C2=O. The quantitative estimate of drug-likeness (QED) is 0.874. The predicted octanol–water partition coefficient (Wildman–Crippen LogP) is 1.69. The fourth-order valence-electron chi connectivity index (χ4n) is 2.60. The summed E-state index contributed by atoms with van der Waals surface area (Å²) in [6, 6.07) is 6.39. The molecule has 0 bridgehead atoms. The zero-order chi connectivity index (χ0) is 16.7. The van der Waals surface area contributed by atoms with Crippen molar-refractivity contribution >= 4 is 23.4 Å². The Bertz CT molecular complexity index is 838. The van der Waals surface area contributed by atoms with Crippen LogP contribution in [0.5, 0.6) is 0 Å². The first kappa shape index (κ1) is 15.0. The molecule has 2 heterocycles. The normalized spacial score (nSPS) is 13.4. The van der Waals surface area contributed by atoms with Gasteiger partial charge in [-0.1, -0.05) is 0 Å². The number of nitrogens with zero attached hydrogens (tertiary/aromatic N) is 3. The molecule has 0 saturated heterocycles. The maximum absolute atomic E-state index is 12.4. The molecule has 3 amide bonds. The molecule has 1 aliphatic heterocycles. The second-order valence-electron chi connectivity index (χ2n) is 5.37. The van der Waals surface area contributed by atoms with E-state index in [-0.39, 0.29) is 17.7 Å². The maximum atomic E-state index is 12.4. The lowest BCUT2D eigenvalue weighted by atomic mass is 10.1. The molecule has 0 unspecified atom stereocenters. The van der Waals surface area contributed by atoms with Crippen molar-refractivity contribution in [2.24, 2.45) is 0 Å². The van der Waals surface area contributed by atoms with Gasteiger partial charge in [-0.3, -0.25) is 24.0 Å². The lowest BCUT2D eigenvalue weighted by Gasteiger charge is -2.07. The number of nitrogens with one attached hydrogen (secondary N) is 1. The molecule has 0 spiro atoms. The van der Waals surface area contributed by atoms with Gasteiger partial charge in [0.15, 0.2) is 0 Å². The number of aryl methyl sites for hydroxylation is 2. The van der Waals surface area contributed by atoms with Gasteiger partial charge in [-0.25, -0.2) is 0 Å². The third-order valence-electron chi connectivity index (χ3n) is 3.78. The van der Waals surface area contributed by atoms with E-state index in [1.807, 2.05) is 13.8 Å². The van der Waals surface area contributed by atoms with Crippen molar-refractivity contribution in [3.05, 3.63) is 46.8 Å². The highest BCUT2D eigenvalue weighted by molar-refractivity contribution is 6.21. The van der Waals surface area contributed by atoms with Crippen LogP contribution in [-0.2, 0) is 6.54 Å². The standard InChI is InChI=1S/C16H16N4O3/c1-4-20-13(7-9(2)18-20)14(21)17-10-5-6-11-12(8-10)16(23)19(3)15(11)22/h5-8H,4H2,1-3H3,(H,17,21). The van der Waals surface area contributed by atoms with E-state index in [1.165, 1.54) is 13.1 Å². The number of amides is 3. The van der Waals surface area contributed by atoms with Crippen LogP contribution in [0.2, 0.25) is 0 Å². The van der Waals surface area contributed by atoms with Crippen LogP contribution in [0.25, 0.3) is 0 Å². The van der Waals surface area contributed by atoms with Crippen molar-refractivity contribution < 1.29 is 14.4 Å². The van der Waals surface area contributed by atoms with E-state index in [0.717, 1.165) is 10.6 Å². The van der Waals surface area contributed by atoms with Crippen LogP contribution >= 0.6 is 0 Å². The summed E-state index contributed by atoms with van der Waals surface area (Å²) in [6.07, 6.45) is 0. The summed E-state index contributed by atoms with van der Waals surface area (Å²) in [7, 11) is 1.44. The summed E-state index contributed by atoms with van der Waals surface area (Å²) < 4.78 is 1.61. The summed E-state index contributed by atoms with van der Waals surface area (Å²) in [5.74, 6) is -1.00. The molecular formula is C16H16N4O3. The van der Waals surface area contributed by atoms with Gasteiger partial charge >= 0.3 is 0 Å². The highest BCUT2D eigenvalue weighted by atomic mass is 16.2. The molecule has 3 rings (SSSR count). The Morgan fingerprint density at radius 1 is 1.17 bits per heavy atom. The van der Waals surface area contributed by atoms with Gasteiger partial charge in [0.05, 0.1) is 16.8 Å². The van der Waals surface area contributed by atoms with E-state index in [0.29, 0.717) is 29.1 Å². The second kappa shape index (κ2) is 5.35. The molecule has 0 aliphatic carbocycles. The number of aromatic nitrogens is 2. The fourth-order valence-corrected chi connectivity index (χ4v) is 2.60. The topological polar surface area (TPSA) is 84.3 Å². The zero-order valence-corrected chi connectivity index (χ0v) is 13.1. The minimum atomic E-state index is -0.365. The summed E-state index contributed by atoms with van der Waals surface area (Å²) in [5, 5.41) is 6.98. The van der Waals surface area contributed by atoms with Gasteiger partial charge in [0.2, 0.25) is 0 Å². The van der Waals surface area contributed by atoms with Crippen LogP contribution in [0.1, 0.15) is 43.8 Å². The van der Waals surface area contributed by atoms with Crippen LogP contribution in [0.3, 0.4) is 0 Å². The molecule has 118 valence electrons. The van der Waals surface area contributed by atoms with Gasteiger partial charge in [-0.05, 0) is 38.1 Å². The van der Waals surface area contributed by atoms with Crippen molar-refractivity contribution in [1.82, 2.24) is 14.7 Å². The summed E-state index contributed by atoms with van der Waals surface area (Å²) in [5.41, 5.74) is 2.32. The number of carbonyl (C=O) groups excluding carboxylic acids is 3. The Balaban J connectivity index is 1.89. The molecule has 7 nitrogen and oxygen atoms in total. The van der Waals surface area contributed by atoms with Crippen molar-refractivity contribution in [2.75, 3.05) is 12.4 Å². The third kappa shape index (κ3) is 2.40. The zero-order valence-electron chi connectivity index (χ0n) is 13.1. The summed E-state index contributed by atoms with van der Waals surface area (Å²) >= 11 is 0. The Morgan fingerprint density at radius 3 is 2.57 bits per heavy atom. The molecule has 0 fully saturated rings. The Morgan fingerprint density at radius 2 is 1.87 bits per heavy atom. The Labute approximate surface area is 132 Å². The highest BCUT2D eigenvalue weighted by Crippen LogP contribution is 2.25. The molecule has 1 N–H and O–H groups in total. The number of rotatable bonds is 3. The first-order chi connectivity index (χ1) is 10.9. The van der Waals surface area contributed by atoms with E-state index >= 15 is 0 Å². The first-order valence-electron chi connectivity index (χ1n) is 7.24. The van der Waals surface area contributed by atoms with Gasteiger partial charge in [0.1, 0.15) is 5.69 Å².